The smallest absolute Gasteiger partial charge is 0.138 e. The van der Waals surface area contributed by atoms with E-state index < -0.39 is 0 Å². The number of rotatable bonds is 3. The van der Waals surface area contributed by atoms with Gasteiger partial charge in [0.2, 0.25) is 0 Å². The molecule has 2 aromatic rings. The summed E-state index contributed by atoms with van der Waals surface area (Å²) in [4.78, 5) is 4.14. The van der Waals surface area contributed by atoms with E-state index in [9.17, 15) is 0 Å². The summed E-state index contributed by atoms with van der Waals surface area (Å²) < 4.78 is 5.83. The molecule has 0 saturated carbocycles. The lowest BCUT2D eigenvalue weighted by Gasteiger charge is -2.29. The minimum absolute atomic E-state index is 0.351. The molecule has 2 N–H and O–H groups in total. The van der Waals surface area contributed by atoms with E-state index in [0.717, 1.165) is 17.7 Å². The number of nitrogens with two attached hydrogens (primary N) is 1. The van der Waals surface area contributed by atoms with E-state index >= 15 is 0 Å². The summed E-state index contributed by atoms with van der Waals surface area (Å²) in [5.41, 5.74) is 9.03. The van der Waals surface area contributed by atoms with Gasteiger partial charge in [0.15, 0.2) is 0 Å². The van der Waals surface area contributed by atoms with Gasteiger partial charge in [-0.1, -0.05) is 36.1 Å². The lowest BCUT2D eigenvalue weighted by molar-refractivity contribution is 0.274. The molecule has 0 fully saturated rings. The van der Waals surface area contributed by atoms with Crippen molar-refractivity contribution < 1.29 is 4.74 Å². The van der Waals surface area contributed by atoms with E-state index in [1.54, 1.807) is 12.4 Å². The number of hydrogen-bond acceptors (Lipinski definition) is 3. The van der Waals surface area contributed by atoms with E-state index in [4.69, 9.17) is 10.5 Å². The maximum absolute atomic E-state index is 5.83. The topological polar surface area (TPSA) is 48.1 Å². The summed E-state index contributed by atoms with van der Waals surface area (Å²) in [6.45, 7) is 1.04. The summed E-state index contributed by atoms with van der Waals surface area (Å²) in [6.07, 6.45) is 4.53. The van der Waals surface area contributed by atoms with Crippen molar-refractivity contribution in [3.8, 4) is 17.6 Å². The first-order valence-corrected chi connectivity index (χ1v) is 6.71. The van der Waals surface area contributed by atoms with Crippen molar-refractivity contribution in [3.63, 3.8) is 0 Å². The number of fused-ring (bicyclic) bond motifs is 1. The van der Waals surface area contributed by atoms with Crippen LogP contribution in [0.5, 0.6) is 5.75 Å². The maximum Gasteiger partial charge on any atom is 0.138 e. The van der Waals surface area contributed by atoms with Crippen molar-refractivity contribution in [2.75, 3.05) is 13.2 Å². The first-order valence-electron chi connectivity index (χ1n) is 6.71. The number of benzene rings is 1. The fraction of sp³-hybridized carbons (Fsp3) is 0.235. The van der Waals surface area contributed by atoms with Crippen LogP contribution in [0.1, 0.15) is 22.6 Å². The van der Waals surface area contributed by atoms with Crippen molar-refractivity contribution in [3.05, 3.63) is 59.4 Å². The molecule has 0 saturated heterocycles. The van der Waals surface area contributed by atoms with Gasteiger partial charge in [0.05, 0.1) is 19.3 Å². The normalized spacial score (nSPS) is 15.6. The molecule has 100 valence electrons. The Kier molecular flexibility index (Phi) is 3.67. The Hall–Kier alpha value is -2.31. The molecule has 0 amide bonds. The lowest BCUT2D eigenvalue weighted by Crippen LogP contribution is -2.23. The van der Waals surface area contributed by atoms with Crippen LogP contribution >= 0.6 is 0 Å². The molecule has 3 nitrogen and oxygen atoms in total. The molecular formula is C17H16N2O. The Morgan fingerprint density at radius 3 is 3.05 bits per heavy atom. The first kappa shape index (κ1) is 12.7. The van der Waals surface area contributed by atoms with Crippen LogP contribution in [0.3, 0.4) is 0 Å². The highest BCUT2D eigenvalue weighted by molar-refractivity contribution is 5.40. The molecule has 1 atom stereocenters. The maximum atomic E-state index is 5.83. The second kappa shape index (κ2) is 5.77. The van der Waals surface area contributed by atoms with E-state index in [0.29, 0.717) is 19.1 Å². The van der Waals surface area contributed by atoms with Crippen LogP contribution in [0, 0.1) is 11.8 Å². The van der Waals surface area contributed by atoms with Gasteiger partial charge in [-0.05, 0) is 23.6 Å². The monoisotopic (exact) mass is 264 g/mol. The lowest BCUT2D eigenvalue weighted by atomic mass is 9.78. The molecule has 1 aromatic carbocycles. The SMILES string of the molecule is NCC#Cc1cncc(OCC2Cc3ccccc32)c1. The quantitative estimate of drug-likeness (QED) is 0.864. The summed E-state index contributed by atoms with van der Waals surface area (Å²) in [6, 6.07) is 10.4. The Morgan fingerprint density at radius 2 is 2.20 bits per heavy atom. The second-order valence-corrected chi connectivity index (χ2v) is 4.83. The van der Waals surface area contributed by atoms with Gasteiger partial charge >= 0.3 is 0 Å². The predicted molar refractivity (Wildman–Crippen MR) is 78.6 cm³/mol. The molecule has 0 aliphatic heterocycles. The summed E-state index contributed by atoms with van der Waals surface area (Å²) in [5, 5.41) is 0. The molecule has 1 aromatic heterocycles. The average molecular weight is 264 g/mol. The predicted octanol–water partition coefficient (Wildman–Crippen LogP) is 2.11. The van der Waals surface area contributed by atoms with E-state index in [-0.39, 0.29) is 0 Å². The molecule has 1 heterocycles. The van der Waals surface area contributed by atoms with Crippen molar-refractivity contribution in [1.82, 2.24) is 4.98 Å². The second-order valence-electron chi connectivity index (χ2n) is 4.83. The number of nitrogens with zero attached hydrogens (tertiary/aromatic N) is 1. The van der Waals surface area contributed by atoms with Crippen molar-refractivity contribution in [2.45, 2.75) is 12.3 Å². The Labute approximate surface area is 118 Å². The zero-order valence-corrected chi connectivity index (χ0v) is 11.2. The van der Waals surface area contributed by atoms with E-state index in [2.05, 4.69) is 41.1 Å². The summed E-state index contributed by atoms with van der Waals surface area (Å²) in [5.74, 6) is 7.03. The summed E-state index contributed by atoms with van der Waals surface area (Å²) >= 11 is 0. The van der Waals surface area contributed by atoms with Gasteiger partial charge in [-0.25, -0.2) is 0 Å². The van der Waals surface area contributed by atoms with Gasteiger partial charge in [0.25, 0.3) is 0 Å². The van der Waals surface area contributed by atoms with Crippen molar-refractivity contribution in [2.24, 2.45) is 5.73 Å². The zero-order valence-electron chi connectivity index (χ0n) is 11.2. The van der Waals surface area contributed by atoms with E-state index in [1.165, 1.54) is 11.1 Å². The minimum atomic E-state index is 0.351. The van der Waals surface area contributed by atoms with Crippen molar-refractivity contribution in [1.29, 1.82) is 0 Å². The fourth-order valence-corrected chi connectivity index (χ4v) is 2.43. The Morgan fingerprint density at radius 1 is 1.30 bits per heavy atom. The highest BCUT2D eigenvalue weighted by Crippen LogP contribution is 2.34. The van der Waals surface area contributed by atoms with Crippen LogP contribution in [0.4, 0.5) is 0 Å². The zero-order chi connectivity index (χ0) is 13.8. The summed E-state index contributed by atoms with van der Waals surface area (Å²) in [7, 11) is 0. The number of pyridine rings is 1. The number of hydrogen-bond donors (Lipinski definition) is 1. The van der Waals surface area contributed by atoms with Gasteiger partial charge in [0.1, 0.15) is 5.75 Å². The van der Waals surface area contributed by atoms with Gasteiger partial charge in [-0.15, -0.1) is 0 Å². The van der Waals surface area contributed by atoms with E-state index in [1.807, 2.05) is 6.07 Å². The highest BCUT2D eigenvalue weighted by atomic mass is 16.5. The van der Waals surface area contributed by atoms with Crippen LogP contribution < -0.4 is 10.5 Å². The Bertz CT molecular complexity index is 670. The third-order valence-electron chi connectivity index (χ3n) is 3.46. The molecule has 20 heavy (non-hydrogen) atoms. The van der Waals surface area contributed by atoms with Crippen LogP contribution in [0.2, 0.25) is 0 Å². The molecular weight excluding hydrogens is 248 g/mol. The third kappa shape index (κ3) is 2.66. The van der Waals surface area contributed by atoms with Crippen LogP contribution in [-0.2, 0) is 6.42 Å². The Balaban J connectivity index is 1.62. The minimum Gasteiger partial charge on any atom is -0.491 e. The largest absolute Gasteiger partial charge is 0.491 e. The highest BCUT2D eigenvalue weighted by Gasteiger charge is 2.25. The average Bonchev–Trinajstić information content (AvgIpc) is 2.46. The standard InChI is InChI=1S/C17H16N2O/c18-7-3-4-13-8-16(11-19-10-13)20-12-15-9-14-5-1-2-6-17(14)15/h1-2,5-6,8,10-11,15H,7,9,12,18H2. The molecule has 1 unspecified atom stereocenters. The van der Waals surface area contributed by atoms with Crippen LogP contribution in [0.15, 0.2) is 42.7 Å². The van der Waals surface area contributed by atoms with Gasteiger partial charge in [-0.3, -0.25) is 4.98 Å². The molecule has 3 heteroatoms. The molecule has 0 bridgehead atoms. The number of aromatic nitrogens is 1. The molecule has 0 spiro atoms. The fourth-order valence-electron chi connectivity index (χ4n) is 2.43. The third-order valence-corrected chi connectivity index (χ3v) is 3.46. The van der Waals surface area contributed by atoms with Gasteiger partial charge < -0.3 is 10.5 Å². The molecule has 0 radical (unpaired) electrons. The van der Waals surface area contributed by atoms with Crippen LogP contribution in [0.25, 0.3) is 0 Å². The molecule has 3 rings (SSSR count). The van der Waals surface area contributed by atoms with Gasteiger partial charge in [-0.2, -0.15) is 0 Å². The van der Waals surface area contributed by atoms with Crippen LogP contribution in [-0.4, -0.2) is 18.1 Å². The molecule has 1 aliphatic carbocycles. The van der Waals surface area contributed by atoms with Crippen molar-refractivity contribution >= 4 is 0 Å². The molecule has 1 aliphatic rings. The van der Waals surface area contributed by atoms with Gasteiger partial charge in [0, 0.05) is 17.7 Å². The first-order chi connectivity index (χ1) is 9.86. The number of ether oxygens (including phenoxy) is 1.